The van der Waals surface area contributed by atoms with Crippen molar-refractivity contribution in [3.63, 3.8) is 0 Å². The molecule has 0 spiro atoms. The molecular weight excluding hydrogens is 308 g/mol. The summed E-state index contributed by atoms with van der Waals surface area (Å²) >= 11 is 3.31. The molecule has 19 heavy (non-hydrogen) atoms. The number of aromatic nitrogens is 1. The number of pyridine rings is 1. The number of benzene rings is 1. The lowest BCUT2D eigenvalue weighted by atomic mass is 10.2. The van der Waals surface area contributed by atoms with Crippen molar-refractivity contribution in [1.29, 1.82) is 5.26 Å². The van der Waals surface area contributed by atoms with Crippen molar-refractivity contribution < 1.29 is 9.47 Å². The molecule has 0 fully saturated rings. The molecule has 2 aromatic rings. The van der Waals surface area contributed by atoms with Crippen LogP contribution in [0.4, 0.5) is 0 Å². The van der Waals surface area contributed by atoms with E-state index in [0.29, 0.717) is 22.5 Å². The minimum Gasteiger partial charge on any atom is -0.497 e. The predicted molar refractivity (Wildman–Crippen MR) is 74.0 cm³/mol. The second-order valence-corrected chi connectivity index (χ2v) is 4.51. The van der Waals surface area contributed by atoms with Crippen LogP contribution < -0.4 is 9.47 Å². The van der Waals surface area contributed by atoms with Crippen molar-refractivity contribution in [2.45, 2.75) is 6.61 Å². The molecule has 0 atom stereocenters. The molecule has 0 N–H and O–H groups in total. The summed E-state index contributed by atoms with van der Waals surface area (Å²) in [6, 6.07) is 11.3. The van der Waals surface area contributed by atoms with Gasteiger partial charge >= 0.3 is 0 Å². The molecule has 1 aromatic carbocycles. The van der Waals surface area contributed by atoms with Crippen LogP contribution in [0.15, 0.2) is 41.0 Å². The van der Waals surface area contributed by atoms with Gasteiger partial charge < -0.3 is 9.47 Å². The maximum absolute atomic E-state index is 8.87. The van der Waals surface area contributed by atoms with Crippen molar-refractivity contribution in [1.82, 2.24) is 4.98 Å². The lowest BCUT2D eigenvalue weighted by Crippen LogP contribution is -1.98. The zero-order valence-electron chi connectivity index (χ0n) is 10.3. The summed E-state index contributed by atoms with van der Waals surface area (Å²) in [6.07, 6.45) is 1.55. The number of hydrogen-bond acceptors (Lipinski definition) is 4. The Bertz CT molecular complexity index is 606. The standard InChI is InChI=1S/C14H11BrN2O2/c1-18-11-4-2-10(3-5-11)9-19-13-6-7-17-12(8-16)14(13)15/h2-7H,9H2,1H3. The highest BCUT2D eigenvalue weighted by molar-refractivity contribution is 9.10. The van der Waals surface area contributed by atoms with Crippen LogP contribution in [0.3, 0.4) is 0 Å². The van der Waals surface area contributed by atoms with Crippen LogP contribution in [0.2, 0.25) is 0 Å². The van der Waals surface area contributed by atoms with E-state index in [2.05, 4.69) is 20.9 Å². The number of nitrogens with zero attached hydrogens (tertiary/aromatic N) is 2. The second-order valence-electron chi connectivity index (χ2n) is 3.72. The Morgan fingerprint density at radius 1 is 1.26 bits per heavy atom. The summed E-state index contributed by atoms with van der Waals surface area (Å²) in [5, 5.41) is 8.87. The molecule has 1 heterocycles. The van der Waals surface area contributed by atoms with E-state index in [0.717, 1.165) is 11.3 Å². The number of methoxy groups -OCH3 is 1. The van der Waals surface area contributed by atoms with Crippen molar-refractivity contribution in [3.8, 4) is 17.6 Å². The number of nitriles is 1. The molecule has 96 valence electrons. The zero-order valence-corrected chi connectivity index (χ0v) is 11.8. The first kappa shape index (κ1) is 13.4. The van der Waals surface area contributed by atoms with Gasteiger partial charge in [-0.1, -0.05) is 12.1 Å². The van der Waals surface area contributed by atoms with Gasteiger partial charge in [0.2, 0.25) is 0 Å². The van der Waals surface area contributed by atoms with Crippen LogP contribution in [-0.4, -0.2) is 12.1 Å². The first-order chi connectivity index (χ1) is 9.24. The maximum atomic E-state index is 8.87. The van der Waals surface area contributed by atoms with E-state index in [9.17, 15) is 0 Å². The van der Waals surface area contributed by atoms with E-state index >= 15 is 0 Å². The van der Waals surface area contributed by atoms with Gasteiger partial charge in [-0.2, -0.15) is 5.26 Å². The predicted octanol–water partition coefficient (Wildman–Crippen LogP) is 3.30. The Kier molecular flexibility index (Phi) is 4.37. The fourth-order valence-corrected chi connectivity index (χ4v) is 1.94. The van der Waals surface area contributed by atoms with Crippen molar-refractivity contribution in [2.24, 2.45) is 0 Å². The van der Waals surface area contributed by atoms with Crippen molar-refractivity contribution >= 4 is 15.9 Å². The molecule has 0 radical (unpaired) electrons. The SMILES string of the molecule is COc1ccc(COc2ccnc(C#N)c2Br)cc1. The Hall–Kier alpha value is -2.06. The van der Waals surface area contributed by atoms with E-state index in [1.165, 1.54) is 0 Å². The van der Waals surface area contributed by atoms with E-state index in [1.807, 2.05) is 30.3 Å². The van der Waals surface area contributed by atoms with E-state index in [1.54, 1.807) is 19.4 Å². The van der Waals surface area contributed by atoms with Gasteiger partial charge in [0.05, 0.1) is 11.6 Å². The van der Waals surface area contributed by atoms with E-state index in [-0.39, 0.29) is 0 Å². The molecule has 5 heteroatoms. The summed E-state index contributed by atoms with van der Waals surface area (Å²) in [7, 11) is 1.63. The Morgan fingerprint density at radius 2 is 2.00 bits per heavy atom. The Morgan fingerprint density at radius 3 is 2.63 bits per heavy atom. The third-order valence-electron chi connectivity index (χ3n) is 2.51. The minimum atomic E-state index is 0.312. The highest BCUT2D eigenvalue weighted by Gasteiger charge is 2.07. The smallest absolute Gasteiger partial charge is 0.158 e. The van der Waals surface area contributed by atoms with Crippen LogP contribution in [0.25, 0.3) is 0 Å². The van der Waals surface area contributed by atoms with Crippen LogP contribution in [-0.2, 0) is 6.61 Å². The van der Waals surface area contributed by atoms with Gasteiger partial charge in [-0.05, 0) is 39.7 Å². The minimum absolute atomic E-state index is 0.312. The highest BCUT2D eigenvalue weighted by Crippen LogP contribution is 2.27. The van der Waals surface area contributed by atoms with Gasteiger partial charge in [0.25, 0.3) is 0 Å². The fourth-order valence-electron chi connectivity index (χ4n) is 1.50. The van der Waals surface area contributed by atoms with Gasteiger partial charge in [0.1, 0.15) is 24.2 Å². The van der Waals surface area contributed by atoms with Gasteiger partial charge in [-0.25, -0.2) is 4.98 Å². The molecule has 0 aliphatic carbocycles. The normalized spacial score (nSPS) is 9.74. The third kappa shape index (κ3) is 3.24. The first-order valence-corrected chi connectivity index (χ1v) is 6.34. The van der Waals surface area contributed by atoms with Crippen LogP contribution in [0.1, 0.15) is 11.3 Å². The average Bonchev–Trinajstić information content (AvgIpc) is 2.47. The van der Waals surface area contributed by atoms with Crippen LogP contribution in [0, 0.1) is 11.3 Å². The number of halogens is 1. The van der Waals surface area contributed by atoms with Gasteiger partial charge in [-0.15, -0.1) is 0 Å². The lowest BCUT2D eigenvalue weighted by molar-refractivity contribution is 0.303. The molecule has 0 saturated heterocycles. The highest BCUT2D eigenvalue weighted by atomic mass is 79.9. The van der Waals surface area contributed by atoms with Crippen molar-refractivity contribution in [2.75, 3.05) is 7.11 Å². The quantitative estimate of drug-likeness (QED) is 0.867. The third-order valence-corrected chi connectivity index (χ3v) is 3.28. The summed E-state index contributed by atoms with van der Waals surface area (Å²) in [5.41, 5.74) is 1.33. The van der Waals surface area contributed by atoms with Crippen LogP contribution >= 0.6 is 15.9 Å². The largest absolute Gasteiger partial charge is 0.497 e. The van der Waals surface area contributed by atoms with Gasteiger partial charge in [0.15, 0.2) is 5.69 Å². The molecular formula is C14H11BrN2O2. The summed E-state index contributed by atoms with van der Waals surface area (Å²) in [4.78, 5) is 3.93. The molecule has 1 aromatic heterocycles. The first-order valence-electron chi connectivity index (χ1n) is 5.55. The molecule has 0 saturated carbocycles. The molecule has 0 unspecified atom stereocenters. The second kappa shape index (κ2) is 6.21. The van der Waals surface area contributed by atoms with Crippen molar-refractivity contribution in [3.05, 3.63) is 52.3 Å². The van der Waals surface area contributed by atoms with Crippen LogP contribution in [0.5, 0.6) is 11.5 Å². The number of hydrogen-bond donors (Lipinski definition) is 0. The summed E-state index contributed by atoms with van der Waals surface area (Å²) < 4.78 is 11.3. The van der Waals surface area contributed by atoms with Gasteiger partial charge in [-0.3, -0.25) is 0 Å². The number of rotatable bonds is 4. The molecule has 0 amide bonds. The fraction of sp³-hybridized carbons (Fsp3) is 0.143. The summed E-state index contributed by atoms with van der Waals surface area (Å²) in [5.74, 6) is 1.41. The van der Waals surface area contributed by atoms with E-state index < -0.39 is 0 Å². The molecule has 0 bridgehead atoms. The molecule has 2 rings (SSSR count). The number of ether oxygens (including phenoxy) is 2. The maximum Gasteiger partial charge on any atom is 0.158 e. The van der Waals surface area contributed by atoms with Gasteiger partial charge in [0, 0.05) is 6.20 Å². The monoisotopic (exact) mass is 318 g/mol. The molecule has 4 nitrogen and oxygen atoms in total. The Labute approximate surface area is 119 Å². The topological polar surface area (TPSA) is 55.1 Å². The lowest BCUT2D eigenvalue weighted by Gasteiger charge is -2.09. The summed E-state index contributed by atoms with van der Waals surface area (Å²) in [6.45, 7) is 0.414. The zero-order chi connectivity index (χ0) is 13.7. The average molecular weight is 319 g/mol. The Balaban J connectivity index is 2.08. The molecule has 0 aliphatic rings. The van der Waals surface area contributed by atoms with E-state index in [4.69, 9.17) is 14.7 Å². The molecule has 0 aliphatic heterocycles.